The molecule has 0 unspecified atom stereocenters. The Morgan fingerprint density at radius 3 is 2.77 bits per heavy atom. The fraction of sp³-hybridized carbons (Fsp3) is 0.214. The van der Waals surface area contributed by atoms with Crippen molar-refractivity contribution in [3.63, 3.8) is 0 Å². The number of hydrogen-bond acceptors (Lipinski definition) is 4. The summed E-state index contributed by atoms with van der Waals surface area (Å²) in [7, 11) is 0. The number of nitrogens with zero attached hydrogens (tertiary/aromatic N) is 2. The normalized spacial score (nSPS) is 10.4. The van der Waals surface area contributed by atoms with Crippen molar-refractivity contribution in [3.05, 3.63) is 67.1 Å². The van der Waals surface area contributed by atoms with Gasteiger partial charge >= 0.3 is 5.69 Å². The Hall–Kier alpha value is -2.12. The maximum atomic E-state index is 12.3. The predicted octanol–water partition coefficient (Wildman–Crippen LogP) is 1.47. The Morgan fingerprint density at radius 2 is 2.18 bits per heavy atom. The molecule has 0 radical (unpaired) electrons. The van der Waals surface area contributed by atoms with Gasteiger partial charge in [0.15, 0.2) is 0 Å². The molecule has 2 aromatic heterocycles. The highest BCUT2D eigenvalue weighted by atomic mass is 35.5. The Bertz CT molecular complexity index is 793. The lowest BCUT2D eigenvalue weighted by atomic mass is 10.3. The number of aromatic amines is 1. The molecule has 0 spiro atoms. The third-order valence-electron chi connectivity index (χ3n) is 2.88. The van der Waals surface area contributed by atoms with Gasteiger partial charge in [-0.2, -0.15) is 0 Å². The van der Waals surface area contributed by atoms with E-state index in [4.69, 9.17) is 11.6 Å². The van der Waals surface area contributed by atoms with Gasteiger partial charge < -0.3 is 4.90 Å². The first-order valence-electron chi connectivity index (χ1n) is 6.42. The zero-order chi connectivity index (χ0) is 16.1. The van der Waals surface area contributed by atoms with E-state index >= 15 is 0 Å². The van der Waals surface area contributed by atoms with Crippen molar-refractivity contribution in [2.24, 2.45) is 0 Å². The molecule has 2 heterocycles. The van der Waals surface area contributed by atoms with Crippen molar-refractivity contribution in [2.75, 3.05) is 6.54 Å². The van der Waals surface area contributed by atoms with E-state index in [1.807, 2.05) is 6.07 Å². The van der Waals surface area contributed by atoms with E-state index in [1.54, 1.807) is 17.0 Å². The van der Waals surface area contributed by atoms with Crippen molar-refractivity contribution in [1.82, 2.24) is 14.5 Å². The van der Waals surface area contributed by atoms with Crippen LogP contribution in [0.15, 0.2) is 46.6 Å². The number of H-pyrrole nitrogens is 1. The van der Waals surface area contributed by atoms with Crippen LogP contribution in [0.25, 0.3) is 0 Å². The molecule has 0 aliphatic carbocycles. The standard InChI is InChI=1S/C14H14ClN3O3S/c1-2-6-17(8-10-3-4-11(15)22-10)13(20)9-18-7-5-12(19)16-14(18)21/h2-5,7H,1,6,8-9H2,(H,16,19,21). The van der Waals surface area contributed by atoms with Gasteiger partial charge in [0.2, 0.25) is 5.91 Å². The van der Waals surface area contributed by atoms with Crippen LogP contribution in [-0.2, 0) is 17.9 Å². The second kappa shape index (κ2) is 7.24. The summed E-state index contributed by atoms with van der Waals surface area (Å²) in [6, 6.07) is 4.82. The molecule has 2 aromatic rings. The number of amides is 1. The van der Waals surface area contributed by atoms with Crippen molar-refractivity contribution in [2.45, 2.75) is 13.1 Å². The predicted molar refractivity (Wildman–Crippen MR) is 86.3 cm³/mol. The average Bonchev–Trinajstić information content (AvgIpc) is 2.87. The molecule has 0 aromatic carbocycles. The van der Waals surface area contributed by atoms with Gasteiger partial charge in [-0.15, -0.1) is 17.9 Å². The summed E-state index contributed by atoms with van der Waals surface area (Å²) < 4.78 is 1.80. The van der Waals surface area contributed by atoms with Crippen LogP contribution in [0.3, 0.4) is 0 Å². The number of aromatic nitrogens is 2. The Morgan fingerprint density at radius 1 is 1.41 bits per heavy atom. The van der Waals surface area contributed by atoms with Crippen LogP contribution in [0.2, 0.25) is 4.34 Å². The number of carbonyl (C=O) groups is 1. The Balaban J connectivity index is 2.13. The molecular formula is C14H14ClN3O3S. The number of hydrogen-bond donors (Lipinski definition) is 1. The molecule has 1 amide bonds. The van der Waals surface area contributed by atoms with Gasteiger partial charge in [-0.3, -0.25) is 19.1 Å². The van der Waals surface area contributed by atoms with Gasteiger partial charge in [0.05, 0.1) is 10.9 Å². The molecule has 2 rings (SSSR count). The van der Waals surface area contributed by atoms with Crippen molar-refractivity contribution in [1.29, 1.82) is 0 Å². The van der Waals surface area contributed by atoms with Crippen LogP contribution < -0.4 is 11.2 Å². The Kier molecular flexibility index (Phi) is 5.35. The highest BCUT2D eigenvalue weighted by molar-refractivity contribution is 7.16. The first kappa shape index (κ1) is 16.3. The first-order chi connectivity index (χ1) is 10.5. The SMILES string of the molecule is C=CCN(Cc1ccc(Cl)s1)C(=O)Cn1ccc(=O)[nH]c1=O. The van der Waals surface area contributed by atoms with Gasteiger partial charge in [0.1, 0.15) is 6.54 Å². The zero-order valence-electron chi connectivity index (χ0n) is 11.6. The number of rotatable bonds is 6. The molecular weight excluding hydrogens is 326 g/mol. The van der Waals surface area contributed by atoms with E-state index in [-0.39, 0.29) is 12.5 Å². The summed E-state index contributed by atoms with van der Waals surface area (Å²) in [6.45, 7) is 4.23. The van der Waals surface area contributed by atoms with E-state index in [0.29, 0.717) is 17.4 Å². The molecule has 0 fully saturated rings. The molecule has 0 saturated heterocycles. The molecule has 1 N–H and O–H groups in total. The highest BCUT2D eigenvalue weighted by Gasteiger charge is 2.15. The minimum absolute atomic E-state index is 0.150. The van der Waals surface area contributed by atoms with Crippen LogP contribution in [-0.4, -0.2) is 26.9 Å². The number of thiophene rings is 1. The fourth-order valence-corrected chi connectivity index (χ4v) is 2.95. The van der Waals surface area contributed by atoms with Crippen LogP contribution in [0.5, 0.6) is 0 Å². The average molecular weight is 340 g/mol. The molecule has 0 saturated carbocycles. The Labute approximate surface area is 135 Å². The van der Waals surface area contributed by atoms with E-state index < -0.39 is 11.2 Å². The van der Waals surface area contributed by atoms with Crippen molar-refractivity contribution in [3.8, 4) is 0 Å². The second-order valence-corrected chi connectivity index (χ2v) is 6.31. The minimum Gasteiger partial charge on any atom is -0.332 e. The largest absolute Gasteiger partial charge is 0.332 e. The van der Waals surface area contributed by atoms with Gasteiger partial charge in [-0.05, 0) is 12.1 Å². The minimum atomic E-state index is -0.612. The highest BCUT2D eigenvalue weighted by Crippen LogP contribution is 2.22. The monoisotopic (exact) mass is 339 g/mol. The summed E-state index contributed by atoms with van der Waals surface area (Å²) in [5, 5.41) is 0. The number of nitrogens with one attached hydrogen (secondary N) is 1. The summed E-state index contributed by atoms with van der Waals surface area (Å²) >= 11 is 7.27. The van der Waals surface area contributed by atoms with Gasteiger partial charge in [0, 0.05) is 23.7 Å². The molecule has 0 atom stereocenters. The summed E-state index contributed by atoms with van der Waals surface area (Å²) in [4.78, 5) is 39.6. The quantitative estimate of drug-likeness (QED) is 0.810. The summed E-state index contributed by atoms with van der Waals surface area (Å²) in [5.74, 6) is -0.251. The molecule has 6 nitrogen and oxygen atoms in total. The third kappa shape index (κ3) is 4.19. The third-order valence-corrected chi connectivity index (χ3v) is 4.10. The maximum Gasteiger partial charge on any atom is 0.328 e. The second-order valence-electron chi connectivity index (χ2n) is 4.51. The maximum absolute atomic E-state index is 12.3. The lowest BCUT2D eigenvalue weighted by molar-refractivity contribution is -0.131. The van der Waals surface area contributed by atoms with E-state index in [0.717, 1.165) is 9.44 Å². The van der Waals surface area contributed by atoms with Crippen LogP contribution in [0.4, 0.5) is 0 Å². The summed E-state index contributed by atoms with van der Waals surface area (Å²) in [5.41, 5.74) is -1.11. The van der Waals surface area contributed by atoms with Gasteiger partial charge in [0.25, 0.3) is 5.56 Å². The molecule has 22 heavy (non-hydrogen) atoms. The van der Waals surface area contributed by atoms with E-state index in [9.17, 15) is 14.4 Å². The van der Waals surface area contributed by atoms with Gasteiger partial charge in [-0.1, -0.05) is 17.7 Å². The van der Waals surface area contributed by atoms with Crippen molar-refractivity contribution >= 4 is 28.8 Å². The number of halogens is 1. The lowest BCUT2D eigenvalue weighted by Gasteiger charge is -2.20. The number of carbonyl (C=O) groups excluding carboxylic acids is 1. The van der Waals surface area contributed by atoms with E-state index in [2.05, 4.69) is 11.6 Å². The van der Waals surface area contributed by atoms with Crippen LogP contribution >= 0.6 is 22.9 Å². The van der Waals surface area contributed by atoms with E-state index in [1.165, 1.54) is 23.6 Å². The molecule has 0 aliphatic rings. The van der Waals surface area contributed by atoms with Gasteiger partial charge in [-0.25, -0.2) is 4.79 Å². The first-order valence-corrected chi connectivity index (χ1v) is 7.61. The topological polar surface area (TPSA) is 75.2 Å². The molecule has 0 bridgehead atoms. The zero-order valence-corrected chi connectivity index (χ0v) is 13.2. The molecule has 8 heteroatoms. The lowest BCUT2D eigenvalue weighted by Crippen LogP contribution is -2.38. The van der Waals surface area contributed by atoms with Crippen LogP contribution in [0.1, 0.15) is 4.88 Å². The molecule has 116 valence electrons. The van der Waals surface area contributed by atoms with Crippen LogP contribution in [0, 0.1) is 0 Å². The van der Waals surface area contributed by atoms with Crippen molar-refractivity contribution < 1.29 is 4.79 Å². The smallest absolute Gasteiger partial charge is 0.328 e. The summed E-state index contributed by atoms with van der Waals surface area (Å²) in [6.07, 6.45) is 2.91. The molecule has 0 aliphatic heterocycles. The fourth-order valence-electron chi connectivity index (χ4n) is 1.85.